The van der Waals surface area contributed by atoms with Gasteiger partial charge >= 0.3 is 6.03 Å². The average Bonchev–Trinajstić information content (AvgIpc) is 3.77. The summed E-state index contributed by atoms with van der Waals surface area (Å²) in [4.78, 5) is 91.2. The normalized spacial score (nSPS) is 22.3. The number of primary amides is 1. The standard InChI is InChI=1S/C44H54N10O8/c1-51-18-19-53(44(51)60)30-8-3-17-52(25-30)36-24-47-38(39(45)56)40(49-36)48-29-10-12-31(13-11-29)61-21-5-16-46-41(57)28-22-32(23-28)62-20-4-7-27-6-2-9-33-34(27)26-54(43(33)59)35-14-15-37(55)50-42(35)58/h2,6,9-13,24,28,30,32,35H,3-5,7-8,14-23,25-26H2,1H3,(H2,45,56)(H,46,57)(H,48,49)(H,50,55,58)/t28?,30-,32?,35?/m1/s1. The van der Waals surface area contributed by atoms with Crippen molar-refractivity contribution >= 4 is 52.9 Å². The molecule has 0 spiro atoms. The van der Waals surface area contributed by atoms with Crippen LogP contribution in [0.15, 0.2) is 48.7 Å². The smallest absolute Gasteiger partial charge is 0.320 e. The third-order valence-corrected chi connectivity index (χ3v) is 12.5. The Morgan fingerprint density at radius 1 is 0.968 bits per heavy atom. The maximum atomic E-state index is 13.1. The molecule has 5 aliphatic rings. The van der Waals surface area contributed by atoms with Crippen LogP contribution < -0.4 is 31.3 Å². The van der Waals surface area contributed by atoms with Gasteiger partial charge in [0.2, 0.25) is 17.7 Å². The van der Waals surface area contributed by atoms with Crippen molar-refractivity contribution in [2.24, 2.45) is 11.7 Å². The number of benzene rings is 2. The van der Waals surface area contributed by atoms with E-state index < -0.39 is 17.9 Å². The van der Waals surface area contributed by atoms with Crippen LogP contribution in [-0.4, -0.2) is 131 Å². The fourth-order valence-electron chi connectivity index (χ4n) is 8.93. The fraction of sp³-hybridized carbons (Fsp3) is 0.500. The van der Waals surface area contributed by atoms with Crippen molar-refractivity contribution in [1.29, 1.82) is 0 Å². The van der Waals surface area contributed by atoms with Crippen LogP contribution in [0.3, 0.4) is 0 Å². The molecule has 18 heteroatoms. The summed E-state index contributed by atoms with van der Waals surface area (Å²) >= 11 is 0. The van der Waals surface area contributed by atoms with Gasteiger partial charge in [-0.15, -0.1) is 0 Å². The molecule has 18 nitrogen and oxygen atoms in total. The van der Waals surface area contributed by atoms with Crippen LogP contribution in [-0.2, 0) is 32.1 Å². The Kier molecular flexibility index (Phi) is 12.8. The van der Waals surface area contributed by atoms with Crippen molar-refractivity contribution in [3.05, 3.63) is 71.0 Å². The van der Waals surface area contributed by atoms with E-state index in [0.29, 0.717) is 94.4 Å². The summed E-state index contributed by atoms with van der Waals surface area (Å²) in [5, 5.41) is 8.54. The number of nitrogens with two attached hydrogens (primary N) is 1. The van der Waals surface area contributed by atoms with Crippen molar-refractivity contribution in [3.8, 4) is 5.75 Å². The molecule has 4 aliphatic heterocycles. The number of aryl methyl sites for hydroxylation is 1. The number of fused-ring (bicyclic) bond motifs is 1. The van der Waals surface area contributed by atoms with Crippen LogP contribution in [0.25, 0.3) is 0 Å². The quantitative estimate of drug-likeness (QED) is 0.114. The lowest BCUT2D eigenvalue weighted by Crippen LogP contribution is -2.52. The highest BCUT2D eigenvalue weighted by Gasteiger charge is 2.40. The van der Waals surface area contributed by atoms with Crippen LogP contribution in [0.2, 0.25) is 0 Å². The highest BCUT2D eigenvalue weighted by molar-refractivity contribution is 6.05. The molecule has 1 aromatic heterocycles. The van der Waals surface area contributed by atoms with Crippen molar-refractivity contribution in [3.63, 3.8) is 0 Å². The molecular weight excluding hydrogens is 797 g/mol. The number of carbonyl (C=O) groups is 6. The zero-order valence-electron chi connectivity index (χ0n) is 35.0. The largest absolute Gasteiger partial charge is 0.494 e. The fourth-order valence-corrected chi connectivity index (χ4v) is 8.93. The SMILES string of the molecule is CN1CCN([C@@H]2CCCN(c3cnc(C(N)=O)c(Nc4ccc(OCCCNC(=O)C5CC(OCCCc6cccc7c6CN(C6CCC(=O)NC6=O)C7=O)C5)cc4)n3)C2)C1=O. The number of piperidine rings is 2. The van der Waals surface area contributed by atoms with Crippen LogP contribution >= 0.6 is 0 Å². The predicted octanol–water partition coefficient (Wildman–Crippen LogP) is 2.73. The van der Waals surface area contributed by atoms with Crippen LogP contribution in [0, 0.1) is 5.92 Å². The molecule has 2 aromatic carbocycles. The summed E-state index contributed by atoms with van der Waals surface area (Å²) in [5.41, 5.74) is 8.94. The van der Waals surface area contributed by atoms with Gasteiger partial charge in [0.1, 0.15) is 17.6 Å². The van der Waals surface area contributed by atoms with Gasteiger partial charge in [0.05, 0.1) is 24.9 Å². The number of amides is 7. The van der Waals surface area contributed by atoms with E-state index in [-0.39, 0.29) is 59.7 Å². The Morgan fingerprint density at radius 3 is 2.55 bits per heavy atom. The first kappa shape index (κ1) is 42.4. The van der Waals surface area contributed by atoms with Crippen molar-refractivity contribution in [2.45, 2.75) is 82.5 Å². The summed E-state index contributed by atoms with van der Waals surface area (Å²) < 4.78 is 12.0. The van der Waals surface area contributed by atoms with Crippen LogP contribution in [0.4, 0.5) is 22.1 Å². The number of urea groups is 1. The lowest BCUT2D eigenvalue weighted by atomic mass is 9.81. The van der Waals surface area contributed by atoms with E-state index in [4.69, 9.17) is 20.2 Å². The van der Waals surface area contributed by atoms with Crippen LogP contribution in [0.1, 0.15) is 83.3 Å². The number of hydrogen-bond acceptors (Lipinski definition) is 12. The third-order valence-electron chi connectivity index (χ3n) is 12.5. The van der Waals surface area contributed by atoms with E-state index in [0.717, 1.165) is 43.4 Å². The van der Waals surface area contributed by atoms with Gasteiger partial charge in [-0.05, 0) is 92.8 Å². The number of rotatable bonds is 17. The van der Waals surface area contributed by atoms with Gasteiger partial charge in [0.25, 0.3) is 11.8 Å². The van der Waals surface area contributed by atoms with Crippen LogP contribution in [0.5, 0.6) is 5.75 Å². The first-order chi connectivity index (χ1) is 30.0. The first-order valence-electron chi connectivity index (χ1n) is 21.6. The minimum atomic E-state index is -0.700. The Bertz CT molecular complexity index is 2200. The Balaban J connectivity index is 0.716. The zero-order valence-corrected chi connectivity index (χ0v) is 35.0. The molecule has 1 aliphatic carbocycles. The van der Waals surface area contributed by atoms with Gasteiger partial charge in [-0.2, -0.15) is 0 Å². The van der Waals surface area contributed by atoms with Gasteiger partial charge in [-0.1, -0.05) is 12.1 Å². The molecule has 5 heterocycles. The topological polar surface area (TPSA) is 222 Å². The number of ether oxygens (including phenoxy) is 2. The number of carbonyl (C=O) groups excluding carboxylic acids is 6. The first-order valence-corrected chi connectivity index (χ1v) is 21.6. The van der Waals surface area contributed by atoms with Gasteiger partial charge in [-0.3, -0.25) is 29.3 Å². The minimum Gasteiger partial charge on any atom is -0.494 e. The summed E-state index contributed by atoms with van der Waals surface area (Å²) in [6.45, 7) is 4.59. The summed E-state index contributed by atoms with van der Waals surface area (Å²) in [6, 6.07) is 12.4. The second-order valence-corrected chi connectivity index (χ2v) is 16.7. The number of nitrogens with zero attached hydrogens (tertiary/aromatic N) is 6. The lowest BCUT2D eigenvalue weighted by molar-refractivity contribution is -0.137. The third kappa shape index (κ3) is 9.44. The number of aromatic nitrogens is 2. The molecule has 0 bridgehead atoms. The molecule has 328 valence electrons. The average molecular weight is 851 g/mol. The lowest BCUT2D eigenvalue weighted by Gasteiger charge is -2.37. The number of hydrogen-bond donors (Lipinski definition) is 4. The van der Waals surface area contributed by atoms with Crippen molar-refractivity contribution in [1.82, 2.24) is 35.3 Å². The second kappa shape index (κ2) is 18.8. The number of nitrogens with one attached hydrogen (secondary N) is 3. The van der Waals surface area contributed by atoms with E-state index in [9.17, 15) is 28.8 Å². The van der Waals surface area contributed by atoms with E-state index in [1.165, 1.54) is 0 Å². The maximum Gasteiger partial charge on any atom is 0.320 e. The molecule has 62 heavy (non-hydrogen) atoms. The van der Waals surface area contributed by atoms with Gasteiger partial charge < -0.3 is 45.4 Å². The Labute approximate surface area is 359 Å². The molecule has 1 unspecified atom stereocenters. The second-order valence-electron chi connectivity index (χ2n) is 16.7. The van der Waals surface area contributed by atoms with E-state index >= 15 is 0 Å². The van der Waals surface area contributed by atoms with Gasteiger partial charge in [-0.25, -0.2) is 14.8 Å². The van der Waals surface area contributed by atoms with Crippen molar-refractivity contribution in [2.75, 3.05) is 63.2 Å². The highest BCUT2D eigenvalue weighted by Crippen LogP contribution is 2.33. The molecular formula is C44H54N10O8. The molecule has 3 saturated heterocycles. The predicted molar refractivity (Wildman–Crippen MR) is 227 cm³/mol. The molecule has 8 rings (SSSR count). The van der Waals surface area contributed by atoms with Gasteiger partial charge in [0.15, 0.2) is 11.5 Å². The molecule has 4 fully saturated rings. The van der Waals surface area contributed by atoms with E-state index in [1.807, 2.05) is 36.2 Å². The summed E-state index contributed by atoms with van der Waals surface area (Å²) in [6.07, 6.45) is 7.42. The maximum absolute atomic E-state index is 13.1. The summed E-state index contributed by atoms with van der Waals surface area (Å²) in [7, 11) is 1.82. The van der Waals surface area contributed by atoms with E-state index in [1.54, 1.807) is 34.2 Å². The molecule has 5 N–H and O–H groups in total. The molecule has 7 amide bonds. The molecule has 0 radical (unpaired) electrons. The van der Waals surface area contributed by atoms with Crippen molar-refractivity contribution < 1.29 is 38.2 Å². The molecule has 2 atom stereocenters. The van der Waals surface area contributed by atoms with Gasteiger partial charge in [0, 0.05) is 76.5 Å². The molecule has 3 aromatic rings. The summed E-state index contributed by atoms with van der Waals surface area (Å²) in [5.74, 6) is -0.165. The monoisotopic (exact) mass is 850 g/mol. The number of anilines is 3. The Morgan fingerprint density at radius 2 is 1.79 bits per heavy atom. The van der Waals surface area contributed by atoms with E-state index in [2.05, 4.69) is 25.8 Å². The Hall–Kier alpha value is -6.30. The minimum absolute atomic E-state index is 0.0162. The highest BCUT2D eigenvalue weighted by atomic mass is 16.5. The number of likely N-dealkylation sites (N-methyl/N-ethyl adjacent to an activating group) is 1. The zero-order chi connectivity index (χ0) is 43.3. The molecule has 1 saturated carbocycles. The number of imide groups is 1.